The van der Waals surface area contributed by atoms with E-state index >= 15 is 0 Å². The minimum atomic E-state index is -3.90. The summed E-state index contributed by atoms with van der Waals surface area (Å²) in [5.41, 5.74) is 5.14. The van der Waals surface area contributed by atoms with Crippen LogP contribution in [0.2, 0.25) is 0 Å². The van der Waals surface area contributed by atoms with Crippen molar-refractivity contribution in [2.24, 2.45) is 11.7 Å². The van der Waals surface area contributed by atoms with Gasteiger partial charge in [-0.2, -0.15) is 0 Å². The van der Waals surface area contributed by atoms with Gasteiger partial charge in [0.1, 0.15) is 10.9 Å². The number of carbonyl (C=O) groups excluding carboxylic acids is 1. The first kappa shape index (κ1) is 19.2. The second-order valence-corrected chi connectivity index (χ2v) is 9.27. The fourth-order valence-corrected chi connectivity index (χ4v) is 6.09. The second kappa shape index (κ2) is 6.64. The number of rotatable bonds is 7. The Bertz CT molecular complexity index is 688. The SMILES string of the molecule is C[C@@H](O)[C@H]1C(=O)N2C(C(=O)O)=C(SCCN)C(S(=O)(=O)N(C)C)[C@@H]12. The van der Waals surface area contributed by atoms with E-state index in [0.29, 0.717) is 5.75 Å². The molecule has 136 valence electrons. The molecule has 0 aromatic carbocycles. The molecule has 4 N–H and O–H groups in total. The quantitative estimate of drug-likeness (QED) is 0.452. The number of amides is 1. The molecule has 0 bridgehead atoms. The van der Waals surface area contributed by atoms with Crippen LogP contribution < -0.4 is 5.73 Å². The Balaban J connectivity index is 2.61. The molecule has 0 spiro atoms. The van der Waals surface area contributed by atoms with Crippen LogP contribution in [-0.2, 0) is 19.6 Å². The van der Waals surface area contributed by atoms with E-state index in [1.54, 1.807) is 0 Å². The lowest BCUT2D eigenvalue weighted by molar-refractivity contribution is -0.160. The fourth-order valence-electron chi connectivity index (χ4n) is 3.08. The maximum absolute atomic E-state index is 12.8. The molecule has 2 aliphatic heterocycles. The Kier molecular flexibility index (Phi) is 5.31. The van der Waals surface area contributed by atoms with Crippen molar-refractivity contribution < 1.29 is 28.2 Å². The van der Waals surface area contributed by atoms with Gasteiger partial charge in [-0.1, -0.05) is 0 Å². The van der Waals surface area contributed by atoms with Gasteiger partial charge in [0.05, 0.1) is 18.1 Å². The predicted octanol–water partition coefficient (Wildman–Crippen LogP) is -1.54. The third-order valence-corrected chi connectivity index (χ3v) is 7.68. The lowest BCUT2D eigenvalue weighted by atomic mass is 9.83. The van der Waals surface area contributed by atoms with Gasteiger partial charge in [0, 0.05) is 31.3 Å². The summed E-state index contributed by atoms with van der Waals surface area (Å²) < 4.78 is 26.6. The van der Waals surface area contributed by atoms with Crippen LogP contribution in [-0.4, -0.2) is 83.5 Å². The zero-order valence-electron chi connectivity index (χ0n) is 13.5. The summed E-state index contributed by atoms with van der Waals surface area (Å²) in [6, 6.07) is -0.920. The molecule has 2 rings (SSSR count). The average molecular weight is 379 g/mol. The molecular weight excluding hydrogens is 358 g/mol. The van der Waals surface area contributed by atoms with Gasteiger partial charge in [0.15, 0.2) is 0 Å². The summed E-state index contributed by atoms with van der Waals surface area (Å²) in [4.78, 5) is 25.0. The first-order valence-corrected chi connectivity index (χ1v) is 9.79. The Morgan fingerprint density at radius 2 is 2.04 bits per heavy atom. The van der Waals surface area contributed by atoms with Crippen molar-refractivity contribution >= 4 is 33.7 Å². The molecule has 1 saturated heterocycles. The van der Waals surface area contributed by atoms with Crippen LogP contribution in [0.15, 0.2) is 10.6 Å². The number of nitrogens with zero attached hydrogens (tertiary/aromatic N) is 2. The van der Waals surface area contributed by atoms with E-state index in [2.05, 4.69) is 0 Å². The summed E-state index contributed by atoms with van der Waals surface area (Å²) >= 11 is 1.03. The molecule has 2 aliphatic rings. The van der Waals surface area contributed by atoms with Crippen molar-refractivity contribution in [3.8, 4) is 0 Å². The van der Waals surface area contributed by atoms with E-state index in [1.807, 2.05) is 0 Å². The molecule has 0 aromatic rings. The molecule has 4 atom stereocenters. The molecule has 0 saturated carbocycles. The number of carboxylic acid groups (broad SMARTS) is 1. The van der Waals surface area contributed by atoms with Crippen LogP contribution in [0.4, 0.5) is 0 Å². The summed E-state index contributed by atoms with van der Waals surface area (Å²) in [6.45, 7) is 1.62. The summed E-state index contributed by atoms with van der Waals surface area (Å²) in [5.74, 6) is -2.57. The second-order valence-electron chi connectivity index (χ2n) is 5.87. The summed E-state index contributed by atoms with van der Waals surface area (Å²) in [6.07, 6.45) is -1.08. The number of thioether (sulfide) groups is 1. The zero-order valence-corrected chi connectivity index (χ0v) is 15.2. The van der Waals surface area contributed by atoms with Crippen molar-refractivity contribution in [2.45, 2.75) is 24.3 Å². The van der Waals surface area contributed by atoms with Gasteiger partial charge in [0.2, 0.25) is 15.9 Å². The van der Waals surface area contributed by atoms with Gasteiger partial charge < -0.3 is 15.9 Å². The van der Waals surface area contributed by atoms with Gasteiger partial charge >= 0.3 is 5.97 Å². The largest absolute Gasteiger partial charge is 0.477 e. The molecule has 2 heterocycles. The van der Waals surface area contributed by atoms with E-state index in [9.17, 15) is 28.2 Å². The molecule has 0 radical (unpaired) electrons. The standard InChI is InChI=1S/C13H21N3O6S2/c1-6(17)7-8-11(24(21,22)15(2)3)10(23-5-4-14)9(13(19)20)16(8)12(7)18/h6-8,11,17H,4-5,14H2,1-3H3,(H,19,20)/t6-,7-,8-,11?/m1/s1. The number of aliphatic hydroxyl groups is 1. The van der Waals surface area contributed by atoms with Gasteiger partial charge in [0.25, 0.3) is 0 Å². The maximum atomic E-state index is 12.8. The van der Waals surface area contributed by atoms with Crippen LogP contribution in [0.1, 0.15) is 6.92 Å². The number of hydrogen-bond donors (Lipinski definition) is 3. The number of hydrogen-bond acceptors (Lipinski definition) is 7. The zero-order chi connectivity index (χ0) is 18.4. The Morgan fingerprint density at radius 1 is 1.46 bits per heavy atom. The number of β-lactam (4-membered cyclic amide) rings is 1. The number of carbonyl (C=O) groups is 2. The summed E-state index contributed by atoms with van der Waals surface area (Å²) in [5, 5.41) is 18.1. The highest BCUT2D eigenvalue weighted by Crippen LogP contribution is 2.50. The van der Waals surface area contributed by atoms with Gasteiger partial charge in [-0.05, 0) is 6.92 Å². The van der Waals surface area contributed by atoms with Crippen LogP contribution in [0, 0.1) is 5.92 Å². The lowest BCUT2D eigenvalue weighted by Crippen LogP contribution is -2.66. The highest BCUT2D eigenvalue weighted by Gasteiger charge is 2.64. The molecular formula is C13H21N3O6S2. The molecule has 0 aromatic heterocycles. The summed E-state index contributed by atoms with van der Waals surface area (Å²) in [7, 11) is -1.20. The third-order valence-electron chi connectivity index (χ3n) is 4.16. The molecule has 0 aliphatic carbocycles. The van der Waals surface area contributed by atoms with Crippen LogP contribution in [0.5, 0.6) is 0 Å². The number of sulfonamides is 1. The van der Waals surface area contributed by atoms with E-state index in [-0.39, 0.29) is 17.1 Å². The third kappa shape index (κ3) is 2.73. The maximum Gasteiger partial charge on any atom is 0.353 e. The number of carboxylic acids is 1. The average Bonchev–Trinajstić information content (AvgIpc) is 2.75. The lowest BCUT2D eigenvalue weighted by Gasteiger charge is -2.46. The predicted molar refractivity (Wildman–Crippen MR) is 88.4 cm³/mol. The molecule has 11 heteroatoms. The van der Waals surface area contributed by atoms with Crippen molar-refractivity contribution in [2.75, 3.05) is 26.4 Å². The highest BCUT2D eigenvalue weighted by molar-refractivity contribution is 8.04. The minimum Gasteiger partial charge on any atom is -0.477 e. The van der Waals surface area contributed by atoms with Crippen molar-refractivity contribution in [3.05, 3.63) is 10.6 Å². The van der Waals surface area contributed by atoms with E-state index in [0.717, 1.165) is 21.0 Å². The molecule has 9 nitrogen and oxygen atoms in total. The number of aliphatic hydroxyl groups excluding tert-OH is 1. The van der Waals surface area contributed by atoms with Crippen molar-refractivity contribution in [1.29, 1.82) is 0 Å². The van der Waals surface area contributed by atoms with Crippen LogP contribution >= 0.6 is 11.8 Å². The Morgan fingerprint density at radius 3 is 2.46 bits per heavy atom. The fraction of sp³-hybridized carbons (Fsp3) is 0.692. The normalized spacial score (nSPS) is 28.2. The number of nitrogens with two attached hydrogens (primary N) is 1. The Labute approximate surface area is 144 Å². The van der Waals surface area contributed by atoms with Gasteiger partial charge in [-0.25, -0.2) is 17.5 Å². The minimum absolute atomic E-state index is 0.100. The first-order valence-electron chi connectivity index (χ1n) is 7.30. The van der Waals surface area contributed by atoms with E-state index < -0.39 is 45.2 Å². The van der Waals surface area contributed by atoms with Crippen molar-refractivity contribution in [3.63, 3.8) is 0 Å². The molecule has 1 amide bonds. The smallest absolute Gasteiger partial charge is 0.353 e. The van der Waals surface area contributed by atoms with Crippen LogP contribution in [0.25, 0.3) is 0 Å². The van der Waals surface area contributed by atoms with E-state index in [4.69, 9.17) is 5.73 Å². The Hall–Kier alpha value is -1.14. The van der Waals surface area contributed by atoms with Crippen molar-refractivity contribution in [1.82, 2.24) is 9.21 Å². The highest BCUT2D eigenvalue weighted by atomic mass is 32.2. The topological polar surface area (TPSA) is 141 Å². The van der Waals surface area contributed by atoms with Gasteiger partial charge in [-0.15, -0.1) is 11.8 Å². The number of aliphatic carboxylic acids is 1. The van der Waals surface area contributed by atoms with Crippen LogP contribution in [0.3, 0.4) is 0 Å². The van der Waals surface area contributed by atoms with Gasteiger partial charge in [-0.3, -0.25) is 9.69 Å². The molecule has 1 unspecified atom stereocenters. The number of fused-ring (bicyclic) bond motifs is 1. The molecule has 1 fully saturated rings. The first-order chi connectivity index (χ1) is 11.1. The molecule has 24 heavy (non-hydrogen) atoms. The van der Waals surface area contributed by atoms with E-state index in [1.165, 1.54) is 21.0 Å². The monoisotopic (exact) mass is 379 g/mol.